The van der Waals surface area contributed by atoms with Crippen molar-refractivity contribution in [1.29, 1.82) is 0 Å². The summed E-state index contributed by atoms with van der Waals surface area (Å²) in [5.41, 5.74) is 5.58. The molecule has 4 heteroatoms. The topological polar surface area (TPSA) is 69.4 Å². The fourth-order valence-electron chi connectivity index (χ4n) is 1.38. The highest BCUT2D eigenvalue weighted by Gasteiger charge is 2.21. The van der Waals surface area contributed by atoms with Gasteiger partial charge in [0.05, 0.1) is 0 Å². The van der Waals surface area contributed by atoms with Crippen LogP contribution >= 0.6 is 0 Å². The van der Waals surface area contributed by atoms with Crippen LogP contribution in [0.3, 0.4) is 0 Å². The number of nitrogens with two attached hydrogens (primary N) is 1. The zero-order valence-electron chi connectivity index (χ0n) is 11.2. The Balaban J connectivity index is 3.68. The SMILES string of the molecule is CCCCCCCC(=O)OC(=O)[C@@H](N)C(C)C. The molecule has 0 aliphatic carbocycles. The quantitative estimate of drug-likeness (QED) is 0.404. The summed E-state index contributed by atoms with van der Waals surface area (Å²) in [4.78, 5) is 22.7. The molecular formula is C13H25NO3. The number of unbranched alkanes of at least 4 members (excludes halogenated alkanes) is 4. The second-order valence-electron chi connectivity index (χ2n) is 4.73. The van der Waals surface area contributed by atoms with Crippen molar-refractivity contribution in [1.82, 2.24) is 0 Å². The first-order chi connectivity index (χ1) is 7.99. The lowest BCUT2D eigenvalue weighted by molar-refractivity contribution is -0.161. The average Bonchev–Trinajstić information content (AvgIpc) is 2.27. The van der Waals surface area contributed by atoms with Crippen molar-refractivity contribution >= 4 is 11.9 Å². The van der Waals surface area contributed by atoms with Crippen molar-refractivity contribution in [2.24, 2.45) is 11.7 Å². The van der Waals surface area contributed by atoms with E-state index in [1.807, 2.05) is 13.8 Å². The number of carbonyl (C=O) groups excluding carboxylic acids is 2. The summed E-state index contributed by atoms with van der Waals surface area (Å²) in [6.07, 6.45) is 5.58. The molecule has 0 amide bonds. The molecular weight excluding hydrogens is 218 g/mol. The highest BCUT2D eigenvalue weighted by atomic mass is 16.6. The number of hydrogen-bond acceptors (Lipinski definition) is 4. The number of carbonyl (C=O) groups is 2. The van der Waals surface area contributed by atoms with Gasteiger partial charge in [0.2, 0.25) is 0 Å². The fourth-order valence-corrected chi connectivity index (χ4v) is 1.38. The Morgan fingerprint density at radius 3 is 2.24 bits per heavy atom. The maximum Gasteiger partial charge on any atom is 0.330 e. The zero-order chi connectivity index (χ0) is 13.3. The number of esters is 2. The van der Waals surface area contributed by atoms with Crippen LogP contribution in [0.4, 0.5) is 0 Å². The Bertz CT molecular complexity index is 239. The lowest BCUT2D eigenvalue weighted by atomic mass is 10.1. The molecule has 0 aromatic carbocycles. The van der Waals surface area contributed by atoms with Gasteiger partial charge in [0.1, 0.15) is 6.04 Å². The van der Waals surface area contributed by atoms with Crippen LogP contribution in [0.5, 0.6) is 0 Å². The summed E-state index contributed by atoms with van der Waals surface area (Å²) in [5, 5.41) is 0. The molecule has 4 nitrogen and oxygen atoms in total. The van der Waals surface area contributed by atoms with Crippen LogP contribution in [0.2, 0.25) is 0 Å². The van der Waals surface area contributed by atoms with Gasteiger partial charge in [0, 0.05) is 6.42 Å². The predicted octanol–water partition coefficient (Wildman–Crippen LogP) is 2.40. The van der Waals surface area contributed by atoms with E-state index in [1.165, 1.54) is 12.8 Å². The van der Waals surface area contributed by atoms with Crippen molar-refractivity contribution in [2.75, 3.05) is 0 Å². The lowest BCUT2D eigenvalue weighted by Crippen LogP contribution is -2.38. The Kier molecular flexibility index (Phi) is 8.68. The normalized spacial score (nSPS) is 12.5. The van der Waals surface area contributed by atoms with Crippen LogP contribution in [-0.4, -0.2) is 18.0 Å². The highest BCUT2D eigenvalue weighted by molar-refractivity contribution is 5.88. The molecule has 0 aromatic heterocycles. The maximum atomic E-state index is 11.4. The molecule has 0 fully saturated rings. The van der Waals surface area contributed by atoms with Crippen LogP contribution in [-0.2, 0) is 14.3 Å². The smallest absolute Gasteiger partial charge is 0.330 e. The minimum Gasteiger partial charge on any atom is -0.392 e. The van der Waals surface area contributed by atoms with Crippen molar-refractivity contribution in [3.8, 4) is 0 Å². The van der Waals surface area contributed by atoms with Crippen LogP contribution in [0.25, 0.3) is 0 Å². The average molecular weight is 243 g/mol. The van der Waals surface area contributed by atoms with Crippen LogP contribution in [0.15, 0.2) is 0 Å². The van der Waals surface area contributed by atoms with Gasteiger partial charge in [-0.1, -0.05) is 46.5 Å². The molecule has 0 saturated heterocycles. The standard InChI is InChI=1S/C13H25NO3/c1-4-5-6-7-8-9-11(15)17-13(16)12(14)10(2)3/h10,12H,4-9,14H2,1-3H3/t12-/m0/s1. The number of ether oxygens (including phenoxy) is 1. The van der Waals surface area contributed by atoms with Crippen molar-refractivity contribution in [3.05, 3.63) is 0 Å². The molecule has 0 heterocycles. The Morgan fingerprint density at radius 1 is 1.12 bits per heavy atom. The molecule has 0 aliphatic rings. The molecule has 1 atom stereocenters. The summed E-state index contributed by atoms with van der Waals surface area (Å²) in [5.74, 6) is -1.08. The predicted molar refractivity (Wildman–Crippen MR) is 67.3 cm³/mol. The monoisotopic (exact) mass is 243 g/mol. The van der Waals surface area contributed by atoms with Gasteiger partial charge in [-0.2, -0.15) is 0 Å². The van der Waals surface area contributed by atoms with Crippen molar-refractivity contribution in [3.63, 3.8) is 0 Å². The maximum absolute atomic E-state index is 11.4. The van der Waals surface area contributed by atoms with E-state index in [0.29, 0.717) is 6.42 Å². The van der Waals surface area contributed by atoms with Gasteiger partial charge in [-0.3, -0.25) is 4.79 Å². The molecule has 100 valence electrons. The highest BCUT2D eigenvalue weighted by Crippen LogP contribution is 2.07. The molecule has 0 bridgehead atoms. The van der Waals surface area contributed by atoms with E-state index in [9.17, 15) is 9.59 Å². The second-order valence-corrected chi connectivity index (χ2v) is 4.73. The van der Waals surface area contributed by atoms with E-state index in [4.69, 9.17) is 5.73 Å². The number of hydrogen-bond donors (Lipinski definition) is 1. The molecule has 0 unspecified atom stereocenters. The van der Waals surface area contributed by atoms with Crippen molar-refractivity contribution < 1.29 is 14.3 Å². The van der Waals surface area contributed by atoms with E-state index < -0.39 is 18.0 Å². The Morgan fingerprint density at radius 2 is 1.71 bits per heavy atom. The fraction of sp³-hybridized carbons (Fsp3) is 0.846. The third-order valence-electron chi connectivity index (χ3n) is 2.69. The molecule has 17 heavy (non-hydrogen) atoms. The van der Waals surface area contributed by atoms with Gasteiger partial charge in [0.15, 0.2) is 0 Å². The third kappa shape index (κ3) is 7.91. The molecule has 0 aliphatic heterocycles. The van der Waals surface area contributed by atoms with Gasteiger partial charge in [-0.05, 0) is 12.3 Å². The first kappa shape index (κ1) is 16.1. The lowest BCUT2D eigenvalue weighted by Gasteiger charge is -2.13. The van der Waals surface area contributed by atoms with Crippen LogP contribution in [0, 0.1) is 5.92 Å². The van der Waals surface area contributed by atoms with Crippen LogP contribution < -0.4 is 5.73 Å². The molecule has 0 radical (unpaired) electrons. The van der Waals surface area contributed by atoms with Gasteiger partial charge in [-0.25, -0.2) is 4.79 Å². The minimum absolute atomic E-state index is 0.0140. The van der Waals surface area contributed by atoms with E-state index in [2.05, 4.69) is 11.7 Å². The summed E-state index contributed by atoms with van der Waals surface area (Å²) >= 11 is 0. The number of rotatable bonds is 8. The van der Waals surface area contributed by atoms with Gasteiger partial charge < -0.3 is 10.5 Å². The van der Waals surface area contributed by atoms with E-state index in [-0.39, 0.29) is 5.92 Å². The molecule has 0 spiro atoms. The first-order valence-corrected chi connectivity index (χ1v) is 6.49. The minimum atomic E-state index is -0.709. The Hall–Kier alpha value is -0.900. The molecule has 0 saturated carbocycles. The zero-order valence-corrected chi connectivity index (χ0v) is 11.2. The first-order valence-electron chi connectivity index (χ1n) is 6.49. The summed E-state index contributed by atoms with van der Waals surface area (Å²) in [7, 11) is 0. The third-order valence-corrected chi connectivity index (χ3v) is 2.69. The van der Waals surface area contributed by atoms with Gasteiger partial charge in [-0.15, -0.1) is 0 Å². The van der Waals surface area contributed by atoms with Gasteiger partial charge >= 0.3 is 11.9 Å². The van der Waals surface area contributed by atoms with E-state index in [1.54, 1.807) is 0 Å². The second kappa shape index (κ2) is 9.16. The summed E-state index contributed by atoms with van der Waals surface area (Å²) < 4.78 is 4.68. The molecule has 2 N–H and O–H groups in total. The molecule has 0 rings (SSSR count). The van der Waals surface area contributed by atoms with Crippen LogP contribution in [0.1, 0.15) is 59.3 Å². The van der Waals surface area contributed by atoms with E-state index >= 15 is 0 Å². The Labute approximate surface area is 104 Å². The van der Waals surface area contributed by atoms with Gasteiger partial charge in [0.25, 0.3) is 0 Å². The summed E-state index contributed by atoms with van der Waals surface area (Å²) in [6, 6.07) is -0.709. The summed E-state index contributed by atoms with van der Waals surface area (Å²) in [6.45, 7) is 5.78. The van der Waals surface area contributed by atoms with Crippen molar-refractivity contribution in [2.45, 2.75) is 65.3 Å². The van der Waals surface area contributed by atoms with E-state index in [0.717, 1.165) is 19.3 Å². The largest absolute Gasteiger partial charge is 0.392 e. The molecule has 0 aromatic rings.